The van der Waals surface area contributed by atoms with Crippen LogP contribution in [-0.2, 0) is 4.74 Å². The van der Waals surface area contributed by atoms with Crippen molar-refractivity contribution in [1.29, 1.82) is 0 Å². The van der Waals surface area contributed by atoms with Gasteiger partial charge in [0.15, 0.2) is 0 Å². The number of ether oxygens (including phenoxy) is 1. The molecule has 1 aromatic rings. The van der Waals surface area contributed by atoms with Gasteiger partial charge in [-0.15, -0.1) is 0 Å². The molecule has 0 aliphatic carbocycles. The summed E-state index contributed by atoms with van der Waals surface area (Å²) in [5.41, 5.74) is 0.593. The second-order valence-electron chi connectivity index (χ2n) is 7.61. The number of hydrogen-bond acceptors (Lipinski definition) is 6. The summed E-state index contributed by atoms with van der Waals surface area (Å²) in [4.78, 5) is 19.5. The Balaban J connectivity index is 1.32. The smallest absolute Gasteiger partial charge is 0.255 e. The number of carbonyl (C=O) groups excluding carboxylic acids is 1. The van der Waals surface area contributed by atoms with Crippen molar-refractivity contribution in [2.45, 2.75) is 30.9 Å². The third kappa shape index (κ3) is 3.54. The van der Waals surface area contributed by atoms with Crippen LogP contribution in [0, 0.1) is 0 Å². The average Bonchev–Trinajstić information content (AvgIpc) is 3.07. The van der Waals surface area contributed by atoms with Gasteiger partial charge in [-0.25, -0.2) is 0 Å². The molecular weight excluding hydrogens is 318 g/mol. The number of aromatic nitrogens is 2. The van der Waals surface area contributed by atoms with Gasteiger partial charge >= 0.3 is 0 Å². The van der Waals surface area contributed by atoms with Crippen LogP contribution < -0.4 is 0 Å². The van der Waals surface area contributed by atoms with Crippen molar-refractivity contribution in [2.24, 2.45) is 0 Å². The van der Waals surface area contributed by atoms with Crippen LogP contribution in [0.5, 0.6) is 0 Å². The summed E-state index contributed by atoms with van der Waals surface area (Å²) in [7, 11) is 2.19. The topological polar surface area (TPSA) is 61.8 Å². The van der Waals surface area contributed by atoms with Crippen molar-refractivity contribution >= 4 is 5.91 Å². The number of likely N-dealkylation sites (tertiary alicyclic amines) is 1. The maximum atomic E-state index is 12.5. The van der Waals surface area contributed by atoms with E-state index in [0.717, 1.165) is 65.1 Å². The van der Waals surface area contributed by atoms with Crippen molar-refractivity contribution in [1.82, 2.24) is 24.9 Å². The molecule has 0 bridgehead atoms. The Morgan fingerprint density at radius 1 is 1.16 bits per heavy atom. The van der Waals surface area contributed by atoms with E-state index >= 15 is 0 Å². The number of piperidine rings is 1. The largest absolute Gasteiger partial charge is 0.373 e. The molecule has 3 aliphatic heterocycles. The zero-order valence-electron chi connectivity index (χ0n) is 14.9. The molecule has 1 unspecified atom stereocenters. The van der Waals surface area contributed by atoms with Gasteiger partial charge < -0.3 is 14.5 Å². The number of amides is 1. The Morgan fingerprint density at radius 2 is 1.92 bits per heavy atom. The SMILES string of the molecule is CN1CCN(C2COC3(CCN(C(=O)c4ccnnc4)CC3)C2)CC1. The lowest BCUT2D eigenvalue weighted by Crippen LogP contribution is -2.50. The number of hydrogen-bond donors (Lipinski definition) is 0. The highest BCUT2D eigenvalue weighted by atomic mass is 16.5. The van der Waals surface area contributed by atoms with Gasteiger partial charge in [0.2, 0.25) is 0 Å². The molecule has 1 atom stereocenters. The van der Waals surface area contributed by atoms with Crippen molar-refractivity contribution in [2.75, 3.05) is 52.9 Å². The highest BCUT2D eigenvalue weighted by molar-refractivity contribution is 5.93. The molecule has 0 N–H and O–H groups in total. The molecule has 1 aromatic heterocycles. The Kier molecular flexibility index (Phi) is 4.71. The Bertz CT molecular complexity index is 595. The first kappa shape index (κ1) is 16.9. The fraction of sp³-hybridized carbons (Fsp3) is 0.722. The summed E-state index contributed by atoms with van der Waals surface area (Å²) in [5.74, 6) is 0.0540. The van der Waals surface area contributed by atoms with E-state index in [1.165, 1.54) is 0 Å². The molecule has 3 fully saturated rings. The first-order chi connectivity index (χ1) is 12.2. The lowest BCUT2D eigenvalue weighted by Gasteiger charge is -2.40. The van der Waals surface area contributed by atoms with E-state index in [-0.39, 0.29) is 11.5 Å². The summed E-state index contributed by atoms with van der Waals surface area (Å²) in [6.45, 7) is 6.93. The highest BCUT2D eigenvalue weighted by Gasteiger charge is 2.45. The van der Waals surface area contributed by atoms with Gasteiger partial charge in [-0.05, 0) is 32.4 Å². The molecule has 4 rings (SSSR count). The van der Waals surface area contributed by atoms with Crippen LogP contribution >= 0.6 is 0 Å². The highest BCUT2D eigenvalue weighted by Crippen LogP contribution is 2.38. The molecule has 3 saturated heterocycles. The predicted molar refractivity (Wildman–Crippen MR) is 93.3 cm³/mol. The molecule has 4 heterocycles. The second kappa shape index (κ2) is 6.97. The van der Waals surface area contributed by atoms with E-state index in [0.29, 0.717) is 11.6 Å². The number of nitrogens with zero attached hydrogens (tertiary/aromatic N) is 5. The van der Waals surface area contributed by atoms with Gasteiger partial charge in [-0.1, -0.05) is 0 Å². The first-order valence-electron chi connectivity index (χ1n) is 9.28. The standard InChI is InChI=1S/C18H27N5O2/c1-21-8-10-22(11-9-21)16-12-18(25-14-16)3-6-23(7-4-18)17(24)15-2-5-19-20-13-15/h2,5,13,16H,3-4,6-12,14H2,1H3. The van der Waals surface area contributed by atoms with Crippen molar-refractivity contribution in [3.8, 4) is 0 Å². The fourth-order valence-electron chi connectivity index (χ4n) is 4.31. The lowest BCUT2D eigenvalue weighted by atomic mass is 9.86. The van der Waals surface area contributed by atoms with Gasteiger partial charge in [0.05, 0.1) is 30.2 Å². The summed E-state index contributed by atoms with van der Waals surface area (Å²) >= 11 is 0. The molecule has 25 heavy (non-hydrogen) atoms. The van der Waals surface area contributed by atoms with Gasteiger partial charge in [-0.3, -0.25) is 9.69 Å². The molecule has 1 amide bonds. The third-order valence-electron chi connectivity index (χ3n) is 6.04. The van der Waals surface area contributed by atoms with Crippen LogP contribution in [-0.4, -0.2) is 95.4 Å². The minimum Gasteiger partial charge on any atom is -0.373 e. The van der Waals surface area contributed by atoms with Gasteiger partial charge in [0.1, 0.15) is 0 Å². The number of carbonyl (C=O) groups is 1. The van der Waals surface area contributed by atoms with Crippen LogP contribution in [0.15, 0.2) is 18.5 Å². The van der Waals surface area contributed by atoms with E-state index in [9.17, 15) is 4.79 Å². The van der Waals surface area contributed by atoms with Crippen LogP contribution in [0.3, 0.4) is 0 Å². The summed E-state index contributed by atoms with van der Waals surface area (Å²) in [6, 6.07) is 2.27. The molecule has 136 valence electrons. The van der Waals surface area contributed by atoms with Crippen LogP contribution in [0.2, 0.25) is 0 Å². The molecule has 7 heteroatoms. The maximum Gasteiger partial charge on any atom is 0.255 e. The Labute approximate surface area is 148 Å². The van der Waals surface area contributed by atoms with Crippen LogP contribution in [0.25, 0.3) is 0 Å². The molecular formula is C18H27N5O2. The minimum absolute atomic E-state index is 0.0265. The first-order valence-corrected chi connectivity index (χ1v) is 9.28. The van der Waals surface area contributed by atoms with E-state index in [4.69, 9.17) is 4.74 Å². The van der Waals surface area contributed by atoms with Gasteiger partial charge in [0, 0.05) is 45.3 Å². The van der Waals surface area contributed by atoms with Crippen molar-refractivity contribution < 1.29 is 9.53 Å². The number of piperazine rings is 1. The molecule has 1 spiro atoms. The maximum absolute atomic E-state index is 12.5. The summed E-state index contributed by atoms with van der Waals surface area (Å²) < 4.78 is 6.29. The zero-order chi connectivity index (χ0) is 17.3. The minimum atomic E-state index is -0.0265. The molecule has 7 nitrogen and oxygen atoms in total. The molecule has 0 saturated carbocycles. The van der Waals surface area contributed by atoms with E-state index in [2.05, 4.69) is 27.0 Å². The quantitative estimate of drug-likeness (QED) is 0.777. The van der Waals surface area contributed by atoms with Gasteiger partial charge in [-0.2, -0.15) is 10.2 Å². The van der Waals surface area contributed by atoms with Gasteiger partial charge in [0.25, 0.3) is 5.91 Å². The Morgan fingerprint density at radius 3 is 2.60 bits per heavy atom. The third-order valence-corrected chi connectivity index (χ3v) is 6.04. The molecule has 0 aromatic carbocycles. The van der Waals surface area contributed by atoms with E-state index in [1.807, 2.05) is 4.90 Å². The predicted octanol–water partition coefficient (Wildman–Crippen LogP) is 0.488. The number of rotatable bonds is 2. The molecule has 0 radical (unpaired) electrons. The van der Waals surface area contributed by atoms with E-state index in [1.54, 1.807) is 18.5 Å². The van der Waals surface area contributed by atoms with Crippen molar-refractivity contribution in [3.63, 3.8) is 0 Å². The lowest BCUT2D eigenvalue weighted by molar-refractivity contribution is -0.0395. The van der Waals surface area contributed by atoms with Crippen LogP contribution in [0.4, 0.5) is 0 Å². The normalized spacial score (nSPS) is 27.7. The summed E-state index contributed by atoms with van der Waals surface area (Å²) in [5, 5.41) is 7.55. The second-order valence-corrected chi connectivity index (χ2v) is 7.61. The van der Waals surface area contributed by atoms with E-state index < -0.39 is 0 Å². The monoisotopic (exact) mass is 345 g/mol. The molecule has 3 aliphatic rings. The average molecular weight is 345 g/mol. The number of likely N-dealkylation sites (N-methyl/N-ethyl adjacent to an activating group) is 1. The summed E-state index contributed by atoms with van der Waals surface area (Å²) in [6.07, 6.45) is 6.08. The van der Waals surface area contributed by atoms with Crippen molar-refractivity contribution in [3.05, 3.63) is 24.0 Å². The zero-order valence-corrected chi connectivity index (χ0v) is 14.9. The Hall–Kier alpha value is -1.57. The fourth-order valence-corrected chi connectivity index (χ4v) is 4.31. The van der Waals surface area contributed by atoms with Crippen LogP contribution in [0.1, 0.15) is 29.6 Å².